The number of nitrogens with one attached hydrogen (secondary N) is 2. The Morgan fingerprint density at radius 3 is 2.61 bits per heavy atom. The first-order valence-electron chi connectivity index (χ1n) is 10.1. The fourth-order valence-electron chi connectivity index (χ4n) is 3.67. The summed E-state index contributed by atoms with van der Waals surface area (Å²) < 4.78 is 10.8. The van der Waals surface area contributed by atoms with E-state index >= 15 is 0 Å². The molecule has 1 aliphatic carbocycles. The molecule has 0 radical (unpaired) electrons. The molecule has 1 aromatic carbocycles. The van der Waals surface area contributed by atoms with E-state index in [1.54, 1.807) is 19.2 Å². The van der Waals surface area contributed by atoms with Crippen molar-refractivity contribution in [3.8, 4) is 11.5 Å². The molecule has 7 heteroatoms. The van der Waals surface area contributed by atoms with Crippen molar-refractivity contribution < 1.29 is 14.6 Å². The summed E-state index contributed by atoms with van der Waals surface area (Å²) in [6, 6.07) is 5.21. The standard InChI is InChI=1S/C21H35N3O3.HI/c1-4-22-20(23-15-17-14-18(26-3)8-9-19(17)25)24-16-21(10-6-7-11-21)12-13-27-5-2;/h8-9,14,25H,4-7,10-13,15-16H2,1-3H3,(H2,22,23,24);1H. The van der Waals surface area contributed by atoms with Crippen LogP contribution >= 0.6 is 24.0 Å². The van der Waals surface area contributed by atoms with Crippen LogP contribution in [0, 0.1) is 5.41 Å². The van der Waals surface area contributed by atoms with Gasteiger partial charge < -0.3 is 25.2 Å². The summed E-state index contributed by atoms with van der Waals surface area (Å²) in [4.78, 5) is 4.66. The molecule has 1 saturated carbocycles. The molecule has 0 amide bonds. The number of nitrogens with zero attached hydrogens (tertiary/aromatic N) is 1. The van der Waals surface area contributed by atoms with Crippen LogP contribution < -0.4 is 15.4 Å². The first kappa shape index (κ1) is 24.8. The van der Waals surface area contributed by atoms with E-state index in [0.29, 0.717) is 12.0 Å². The molecule has 160 valence electrons. The number of hydrogen-bond acceptors (Lipinski definition) is 4. The van der Waals surface area contributed by atoms with Crippen LogP contribution in [-0.4, -0.2) is 44.5 Å². The third-order valence-corrected chi connectivity index (χ3v) is 5.31. The first-order chi connectivity index (χ1) is 13.1. The van der Waals surface area contributed by atoms with Crippen LogP contribution in [-0.2, 0) is 11.3 Å². The van der Waals surface area contributed by atoms with Gasteiger partial charge in [-0.1, -0.05) is 12.8 Å². The number of rotatable bonds is 10. The van der Waals surface area contributed by atoms with Gasteiger partial charge in [0.15, 0.2) is 5.96 Å². The Morgan fingerprint density at radius 1 is 1.21 bits per heavy atom. The maximum Gasteiger partial charge on any atom is 0.191 e. The van der Waals surface area contributed by atoms with Crippen molar-refractivity contribution in [2.24, 2.45) is 10.4 Å². The van der Waals surface area contributed by atoms with Crippen molar-refractivity contribution >= 4 is 29.9 Å². The molecule has 1 aliphatic rings. The van der Waals surface area contributed by atoms with Gasteiger partial charge in [0.05, 0.1) is 13.7 Å². The fourth-order valence-corrected chi connectivity index (χ4v) is 3.67. The molecule has 0 heterocycles. The number of aliphatic imine (C=N–C) groups is 1. The second-order valence-electron chi connectivity index (χ2n) is 7.20. The highest BCUT2D eigenvalue weighted by Gasteiger charge is 2.33. The number of phenolic OH excluding ortho intramolecular Hbond substituents is 1. The first-order valence-corrected chi connectivity index (χ1v) is 10.1. The monoisotopic (exact) mass is 505 g/mol. The lowest BCUT2D eigenvalue weighted by atomic mass is 9.83. The van der Waals surface area contributed by atoms with Gasteiger partial charge in [-0.3, -0.25) is 0 Å². The summed E-state index contributed by atoms with van der Waals surface area (Å²) in [6.45, 7) is 7.79. The van der Waals surface area contributed by atoms with E-state index in [1.165, 1.54) is 25.7 Å². The Morgan fingerprint density at radius 2 is 1.96 bits per heavy atom. The predicted molar refractivity (Wildman–Crippen MR) is 125 cm³/mol. The molecule has 1 aromatic rings. The number of hydrogen-bond donors (Lipinski definition) is 3. The number of benzene rings is 1. The van der Waals surface area contributed by atoms with Crippen LogP contribution in [0.15, 0.2) is 23.2 Å². The van der Waals surface area contributed by atoms with Crippen LogP contribution in [0.3, 0.4) is 0 Å². The summed E-state index contributed by atoms with van der Waals surface area (Å²) in [5.41, 5.74) is 1.04. The second-order valence-corrected chi connectivity index (χ2v) is 7.20. The zero-order chi connectivity index (χ0) is 19.5. The quantitative estimate of drug-likeness (QED) is 0.194. The van der Waals surface area contributed by atoms with Crippen molar-refractivity contribution in [1.82, 2.24) is 10.6 Å². The summed E-state index contributed by atoms with van der Waals surface area (Å²) in [5.74, 6) is 1.73. The van der Waals surface area contributed by atoms with Crippen LogP contribution in [0.1, 0.15) is 51.5 Å². The minimum Gasteiger partial charge on any atom is -0.508 e. The largest absolute Gasteiger partial charge is 0.508 e. The maximum absolute atomic E-state index is 10.1. The van der Waals surface area contributed by atoms with Gasteiger partial charge in [0.1, 0.15) is 11.5 Å². The topological polar surface area (TPSA) is 75.1 Å². The van der Waals surface area contributed by atoms with E-state index in [9.17, 15) is 5.11 Å². The molecular weight excluding hydrogens is 469 g/mol. The predicted octanol–water partition coefficient (Wildman–Crippen LogP) is 4.06. The molecule has 28 heavy (non-hydrogen) atoms. The average Bonchev–Trinajstić information content (AvgIpc) is 3.14. The highest BCUT2D eigenvalue weighted by Crippen LogP contribution is 2.40. The molecule has 0 unspecified atom stereocenters. The number of ether oxygens (including phenoxy) is 2. The van der Waals surface area contributed by atoms with Crippen LogP contribution in [0.4, 0.5) is 0 Å². The Kier molecular flexibility index (Phi) is 11.6. The van der Waals surface area contributed by atoms with Gasteiger partial charge in [0.25, 0.3) is 0 Å². The lowest BCUT2D eigenvalue weighted by Crippen LogP contribution is -2.43. The van der Waals surface area contributed by atoms with Gasteiger partial charge in [-0.2, -0.15) is 0 Å². The van der Waals surface area contributed by atoms with E-state index in [-0.39, 0.29) is 29.7 Å². The normalized spacial score (nSPS) is 15.8. The lowest BCUT2D eigenvalue weighted by Gasteiger charge is -2.30. The van der Waals surface area contributed by atoms with Gasteiger partial charge >= 0.3 is 0 Å². The molecular formula is C21H36IN3O3. The van der Waals surface area contributed by atoms with E-state index in [1.807, 2.05) is 13.0 Å². The van der Waals surface area contributed by atoms with Crippen molar-refractivity contribution in [2.45, 2.75) is 52.5 Å². The number of phenols is 1. The Balaban J connectivity index is 0.00000392. The molecule has 0 bridgehead atoms. The molecule has 0 aromatic heterocycles. The minimum atomic E-state index is 0. The molecule has 0 spiro atoms. The van der Waals surface area contributed by atoms with E-state index in [2.05, 4.69) is 22.5 Å². The van der Waals surface area contributed by atoms with E-state index in [4.69, 9.17) is 9.47 Å². The SMILES string of the molecule is CCNC(=NCc1cc(OC)ccc1O)NCC1(CCOCC)CCCC1.I. The van der Waals surface area contributed by atoms with Crippen molar-refractivity contribution in [3.63, 3.8) is 0 Å². The average molecular weight is 505 g/mol. The smallest absolute Gasteiger partial charge is 0.191 e. The Hall–Kier alpha value is -1.22. The number of aromatic hydroxyl groups is 1. The second kappa shape index (κ2) is 13.1. The molecule has 0 saturated heterocycles. The Labute approximate surface area is 186 Å². The van der Waals surface area contributed by atoms with Crippen molar-refractivity contribution in [3.05, 3.63) is 23.8 Å². The van der Waals surface area contributed by atoms with Gasteiger partial charge in [0.2, 0.25) is 0 Å². The zero-order valence-corrected chi connectivity index (χ0v) is 19.8. The molecule has 2 rings (SSSR count). The molecule has 6 nitrogen and oxygen atoms in total. The summed E-state index contributed by atoms with van der Waals surface area (Å²) in [6.07, 6.45) is 6.15. The van der Waals surface area contributed by atoms with Gasteiger partial charge in [-0.05, 0) is 56.7 Å². The van der Waals surface area contributed by atoms with Gasteiger partial charge in [-0.15, -0.1) is 24.0 Å². The lowest BCUT2D eigenvalue weighted by molar-refractivity contribution is 0.105. The zero-order valence-electron chi connectivity index (χ0n) is 17.4. The number of methoxy groups -OCH3 is 1. The highest BCUT2D eigenvalue weighted by atomic mass is 127. The third kappa shape index (κ3) is 7.66. The number of halogens is 1. The maximum atomic E-state index is 10.1. The highest BCUT2D eigenvalue weighted by molar-refractivity contribution is 14.0. The van der Waals surface area contributed by atoms with Crippen molar-refractivity contribution in [2.75, 3.05) is 33.4 Å². The van der Waals surface area contributed by atoms with Gasteiger partial charge in [0, 0.05) is 31.9 Å². The Bertz CT molecular complexity index is 605. The minimum absolute atomic E-state index is 0. The molecule has 0 aliphatic heterocycles. The molecule has 3 N–H and O–H groups in total. The summed E-state index contributed by atoms with van der Waals surface area (Å²) in [7, 11) is 1.62. The van der Waals surface area contributed by atoms with Crippen LogP contribution in [0.25, 0.3) is 0 Å². The third-order valence-electron chi connectivity index (χ3n) is 5.31. The summed E-state index contributed by atoms with van der Waals surface area (Å²) >= 11 is 0. The van der Waals surface area contributed by atoms with E-state index in [0.717, 1.165) is 50.0 Å². The van der Waals surface area contributed by atoms with Crippen LogP contribution in [0.5, 0.6) is 11.5 Å². The van der Waals surface area contributed by atoms with E-state index < -0.39 is 0 Å². The molecule has 1 fully saturated rings. The van der Waals surface area contributed by atoms with Gasteiger partial charge in [-0.25, -0.2) is 4.99 Å². The number of guanidine groups is 1. The van der Waals surface area contributed by atoms with Crippen LogP contribution in [0.2, 0.25) is 0 Å². The molecule has 0 atom stereocenters. The summed E-state index contributed by atoms with van der Waals surface area (Å²) in [5, 5.41) is 16.9. The fraction of sp³-hybridized carbons (Fsp3) is 0.667. The van der Waals surface area contributed by atoms with Crippen molar-refractivity contribution in [1.29, 1.82) is 0 Å².